The first-order valence-corrected chi connectivity index (χ1v) is 7.70. The van der Waals surface area contributed by atoms with E-state index >= 15 is 0 Å². The number of carbonyl (C=O) groups is 1. The van der Waals surface area contributed by atoms with Crippen molar-refractivity contribution in [2.24, 2.45) is 0 Å². The predicted octanol–water partition coefficient (Wildman–Crippen LogP) is 0.677. The van der Waals surface area contributed by atoms with Crippen molar-refractivity contribution in [3.63, 3.8) is 0 Å². The standard InChI is InChI=1S/C17H20N2O4/c1-22-17(21)16-7-6-15(23-16)12-18-8-10-19(11-9-18)13-2-4-14(20)5-3-13/h2-7,20H,8-12H2,1H3/p+1. The SMILES string of the molecule is COC(=O)c1ccc(C[NH+]2CCN(c3ccc(O)cc3)CC2)o1. The van der Waals surface area contributed by atoms with E-state index in [1.165, 1.54) is 12.0 Å². The Morgan fingerprint density at radius 2 is 1.91 bits per heavy atom. The number of hydrogen-bond acceptors (Lipinski definition) is 5. The van der Waals surface area contributed by atoms with Gasteiger partial charge in [0.2, 0.25) is 5.76 Å². The van der Waals surface area contributed by atoms with E-state index in [4.69, 9.17) is 4.42 Å². The number of methoxy groups -OCH3 is 1. The second kappa shape index (κ2) is 6.75. The molecule has 0 amide bonds. The maximum atomic E-state index is 11.4. The molecule has 1 aliphatic rings. The van der Waals surface area contributed by atoms with Gasteiger partial charge in [-0.15, -0.1) is 0 Å². The Morgan fingerprint density at radius 3 is 2.57 bits per heavy atom. The highest BCUT2D eigenvalue weighted by molar-refractivity contribution is 5.86. The number of piperazine rings is 1. The fourth-order valence-corrected chi connectivity index (χ4v) is 2.85. The Kier molecular flexibility index (Phi) is 4.52. The summed E-state index contributed by atoms with van der Waals surface area (Å²) in [6.45, 7) is 4.65. The van der Waals surface area contributed by atoms with Gasteiger partial charge < -0.3 is 24.1 Å². The third kappa shape index (κ3) is 3.65. The van der Waals surface area contributed by atoms with Crippen molar-refractivity contribution >= 4 is 11.7 Å². The summed E-state index contributed by atoms with van der Waals surface area (Å²) in [4.78, 5) is 15.1. The molecule has 1 saturated heterocycles. The van der Waals surface area contributed by atoms with E-state index < -0.39 is 5.97 Å². The van der Waals surface area contributed by atoms with Crippen molar-refractivity contribution < 1.29 is 24.0 Å². The largest absolute Gasteiger partial charge is 0.508 e. The number of carbonyl (C=O) groups excluding carboxylic acids is 1. The molecule has 0 spiro atoms. The number of esters is 1. The van der Waals surface area contributed by atoms with Crippen LogP contribution in [0.2, 0.25) is 0 Å². The molecule has 1 aromatic heterocycles. The Bertz CT molecular complexity index is 657. The molecule has 3 rings (SSSR count). The summed E-state index contributed by atoms with van der Waals surface area (Å²) in [5.41, 5.74) is 1.13. The molecule has 1 fully saturated rings. The first-order valence-electron chi connectivity index (χ1n) is 7.70. The molecule has 0 unspecified atom stereocenters. The number of rotatable bonds is 4. The van der Waals surface area contributed by atoms with Crippen LogP contribution in [0.3, 0.4) is 0 Å². The van der Waals surface area contributed by atoms with Gasteiger partial charge in [0.25, 0.3) is 0 Å². The van der Waals surface area contributed by atoms with Gasteiger partial charge in [-0.2, -0.15) is 0 Å². The lowest BCUT2D eigenvalue weighted by molar-refractivity contribution is -0.915. The quantitative estimate of drug-likeness (QED) is 0.812. The second-order valence-electron chi connectivity index (χ2n) is 5.69. The Labute approximate surface area is 134 Å². The van der Waals surface area contributed by atoms with Gasteiger partial charge in [-0.25, -0.2) is 4.79 Å². The molecule has 1 aliphatic heterocycles. The van der Waals surface area contributed by atoms with Crippen molar-refractivity contribution in [1.29, 1.82) is 0 Å². The van der Waals surface area contributed by atoms with E-state index in [-0.39, 0.29) is 11.5 Å². The molecule has 2 N–H and O–H groups in total. The Hall–Kier alpha value is -2.47. The number of ether oxygens (including phenoxy) is 1. The van der Waals surface area contributed by atoms with Crippen LogP contribution in [-0.4, -0.2) is 44.4 Å². The van der Waals surface area contributed by atoms with Crippen LogP contribution in [0.1, 0.15) is 16.3 Å². The van der Waals surface area contributed by atoms with E-state index in [1.807, 2.05) is 18.2 Å². The highest BCUT2D eigenvalue weighted by Gasteiger charge is 2.22. The van der Waals surface area contributed by atoms with Crippen molar-refractivity contribution in [3.05, 3.63) is 47.9 Å². The van der Waals surface area contributed by atoms with Crippen LogP contribution in [0, 0.1) is 0 Å². The number of phenolic OH excluding ortho intramolecular Hbond substituents is 1. The van der Waals surface area contributed by atoms with Crippen molar-refractivity contribution in [1.82, 2.24) is 0 Å². The summed E-state index contributed by atoms with van der Waals surface area (Å²) in [7, 11) is 1.35. The lowest BCUT2D eigenvalue weighted by Crippen LogP contribution is -3.13. The summed E-state index contributed by atoms with van der Waals surface area (Å²) < 4.78 is 10.2. The minimum atomic E-state index is -0.441. The van der Waals surface area contributed by atoms with E-state index in [0.717, 1.165) is 44.2 Å². The summed E-state index contributed by atoms with van der Waals surface area (Å²) in [5.74, 6) is 0.906. The number of hydrogen-bond donors (Lipinski definition) is 2. The maximum absolute atomic E-state index is 11.4. The molecule has 23 heavy (non-hydrogen) atoms. The summed E-state index contributed by atoms with van der Waals surface area (Å²) in [6.07, 6.45) is 0. The number of aromatic hydroxyl groups is 1. The van der Waals surface area contributed by atoms with Crippen molar-refractivity contribution in [3.8, 4) is 5.75 Å². The molecule has 2 heterocycles. The van der Waals surface area contributed by atoms with Crippen LogP contribution in [0.4, 0.5) is 5.69 Å². The average Bonchev–Trinajstić information content (AvgIpc) is 3.04. The van der Waals surface area contributed by atoms with E-state index in [9.17, 15) is 9.90 Å². The second-order valence-corrected chi connectivity index (χ2v) is 5.69. The molecule has 6 heteroatoms. The number of furan rings is 1. The summed E-state index contributed by atoms with van der Waals surface area (Å²) in [6, 6.07) is 10.8. The molecule has 0 radical (unpaired) electrons. The monoisotopic (exact) mass is 317 g/mol. The first-order chi connectivity index (χ1) is 11.2. The fourth-order valence-electron chi connectivity index (χ4n) is 2.85. The number of nitrogens with one attached hydrogen (secondary N) is 1. The summed E-state index contributed by atoms with van der Waals surface area (Å²) >= 11 is 0. The number of nitrogens with zero attached hydrogens (tertiary/aromatic N) is 1. The van der Waals surface area contributed by atoms with Gasteiger partial charge in [-0.1, -0.05) is 0 Å². The van der Waals surface area contributed by atoms with Crippen molar-refractivity contribution in [2.45, 2.75) is 6.54 Å². The van der Waals surface area contributed by atoms with Crippen molar-refractivity contribution in [2.75, 3.05) is 38.2 Å². The molecule has 0 atom stereocenters. The smallest absolute Gasteiger partial charge is 0.373 e. The van der Waals surface area contributed by atoms with Gasteiger partial charge in [0.1, 0.15) is 12.3 Å². The zero-order valence-corrected chi connectivity index (χ0v) is 13.1. The lowest BCUT2D eigenvalue weighted by atomic mass is 10.2. The summed E-state index contributed by atoms with van der Waals surface area (Å²) in [5, 5.41) is 9.35. The van der Waals surface area contributed by atoms with Gasteiger partial charge in [0, 0.05) is 5.69 Å². The molecule has 0 aliphatic carbocycles. The molecule has 1 aromatic carbocycles. The Balaban J connectivity index is 1.54. The number of phenols is 1. The molecule has 0 bridgehead atoms. The van der Waals surface area contributed by atoms with Crippen LogP contribution in [0.15, 0.2) is 40.8 Å². The van der Waals surface area contributed by atoms with Crippen LogP contribution in [0.5, 0.6) is 5.75 Å². The average molecular weight is 317 g/mol. The van der Waals surface area contributed by atoms with Gasteiger partial charge in [0.05, 0.1) is 33.3 Å². The van der Waals surface area contributed by atoms with Gasteiger partial charge in [-0.05, 0) is 36.4 Å². The number of benzene rings is 1. The first kappa shape index (κ1) is 15.4. The van der Waals surface area contributed by atoms with Crippen LogP contribution in [0.25, 0.3) is 0 Å². The molecule has 2 aromatic rings. The number of quaternary nitrogens is 1. The molecule has 0 saturated carbocycles. The topological polar surface area (TPSA) is 67.4 Å². The zero-order chi connectivity index (χ0) is 16.2. The molecule has 122 valence electrons. The normalized spacial score (nSPS) is 15.6. The van der Waals surface area contributed by atoms with E-state index in [2.05, 4.69) is 9.64 Å². The zero-order valence-electron chi connectivity index (χ0n) is 13.1. The minimum absolute atomic E-state index is 0.254. The fraction of sp³-hybridized carbons (Fsp3) is 0.353. The maximum Gasteiger partial charge on any atom is 0.373 e. The van der Waals surface area contributed by atoms with Gasteiger partial charge in [-0.3, -0.25) is 0 Å². The van der Waals surface area contributed by atoms with Crippen LogP contribution >= 0.6 is 0 Å². The Morgan fingerprint density at radius 1 is 1.22 bits per heavy atom. The van der Waals surface area contributed by atoms with E-state index in [1.54, 1.807) is 18.2 Å². The predicted molar refractivity (Wildman–Crippen MR) is 84.8 cm³/mol. The van der Waals surface area contributed by atoms with Gasteiger partial charge in [0.15, 0.2) is 5.76 Å². The van der Waals surface area contributed by atoms with E-state index in [0.29, 0.717) is 0 Å². The van der Waals surface area contributed by atoms with Gasteiger partial charge >= 0.3 is 5.97 Å². The molecular weight excluding hydrogens is 296 g/mol. The molecular formula is C17H21N2O4+. The highest BCUT2D eigenvalue weighted by atomic mass is 16.5. The van der Waals surface area contributed by atoms with Crippen LogP contribution in [-0.2, 0) is 11.3 Å². The molecule has 6 nitrogen and oxygen atoms in total. The number of anilines is 1. The highest BCUT2D eigenvalue weighted by Crippen LogP contribution is 2.18. The minimum Gasteiger partial charge on any atom is -0.508 e. The third-order valence-corrected chi connectivity index (χ3v) is 4.16. The lowest BCUT2D eigenvalue weighted by Gasteiger charge is -2.33. The van der Waals surface area contributed by atoms with Crippen LogP contribution < -0.4 is 9.80 Å². The third-order valence-electron chi connectivity index (χ3n) is 4.16.